The molecule has 0 spiro atoms. The van der Waals surface area contributed by atoms with Crippen LogP contribution in [0.4, 0.5) is 5.82 Å². The van der Waals surface area contributed by atoms with Gasteiger partial charge in [0, 0.05) is 45.1 Å². The molecule has 0 aromatic carbocycles. The summed E-state index contributed by atoms with van der Waals surface area (Å²) in [5, 5.41) is 0. The van der Waals surface area contributed by atoms with Crippen molar-refractivity contribution in [2.24, 2.45) is 0 Å². The normalized spacial score (nSPS) is 16.1. The molecule has 5 heteroatoms. The first-order chi connectivity index (χ1) is 6.77. The smallest absolute Gasteiger partial charge is 0.243 e. The van der Waals surface area contributed by atoms with Crippen molar-refractivity contribution in [1.29, 1.82) is 0 Å². The molecule has 1 saturated heterocycles. The summed E-state index contributed by atoms with van der Waals surface area (Å²) in [4.78, 5) is 17.2. The SMILES string of the molecule is Cc1[c-]cc(N2CCOCC2=O)nc1.[Y]. The Morgan fingerprint density at radius 3 is 3.00 bits per heavy atom. The van der Waals surface area contributed by atoms with E-state index in [0.717, 1.165) is 5.56 Å². The van der Waals surface area contributed by atoms with Crippen molar-refractivity contribution in [2.75, 3.05) is 24.7 Å². The number of anilines is 1. The average molecular weight is 280 g/mol. The number of hydrogen-bond donors (Lipinski definition) is 0. The Labute approximate surface area is 114 Å². The van der Waals surface area contributed by atoms with Gasteiger partial charge in [-0.2, -0.15) is 6.07 Å². The molecule has 1 aliphatic heterocycles. The predicted molar refractivity (Wildman–Crippen MR) is 51.0 cm³/mol. The average Bonchev–Trinajstić information content (AvgIpc) is 2.20. The monoisotopic (exact) mass is 280 g/mol. The molecule has 15 heavy (non-hydrogen) atoms. The van der Waals surface area contributed by atoms with Crippen molar-refractivity contribution in [3.8, 4) is 0 Å². The van der Waals surface area contributed by atoms with Gasteiger partial charge in [-0.1, -0.05) is 13.1 Å². The van der Waals surface area contributed by atoms with Crippen molar-refractivity contribution in [1.82, 2.24) is 4.98 Å². The number of morpholine rings is 1. The van der Waals surface area contributed by atoms with E-state index in [-0.39, 0.29) is 45.2 Å². The summed E-state index contributed by atoms with van der Waals surface area (Å²) in [6.45, 7) is 3.21. The molecule has 2 rings (SSSR count). The van der Waals surface area contributed by atoms with Crippen LogP contribution in [-0.2, 0) is 42.2 Å². The van der Waals surface area contributed by atoms with E-state index in [0.29, 0.717) is 19.0 Å². The fraction of sp³-hybridized carbons (Fsp3) is 0.400. The third kappa shape index (κ3) is 3.07. The van der Waals surface area contributed by atoms with E-state index in [1.165, 1.54) is 0 Å². The number of amides is 1. The fourth-order valence-electron chi connectivity index (χ4n) is 1.32. The van der Waals surface area contributed by atoms with Gasteiger partial charge >= 0.3 is 0 Å². The van der Waals surface area contributed by atoms with Gasteiger partial charge in [-0.05, 0) is 0 Å². The first-order valence-electron chi connectivity index (χ1n) is 4.50. The molecule has 2 heterocycles. The van der Waals surface area contributed by atoms with Crippen molar-refractivity contribution < 1.29 is 42.2 Å². The molecule has 0 bridgehead atoms. The van der Waals surface area contributed by atoms with E-state index in [4.69, 9.17) is 4.74 Å². The molecule has 0 saturated carbocycles. The standard InChI is InChI=1S/C10H11N2O2.Y/c1-8-2-3-9(11-6-8)12-4-5-14-7-10(12)13;/h3,6H,4-5,7H2,1H3;/q-1;. The minimum absolute atomic E-state index is 0. The van der Waals surface area contributed by atoms with Gasteiger partial charge in [0.25, 0.3) is 0 Å². The molecular weight excluding hydrogens is 269 g/mol. The maximum absolute atomic E-state index is 11.4. The van der Waals surface area contributed by atoms with Crippen LogP contribution in [-0.4, -0.2) is 30.6 Å². The number of carbonyl (C=O) groups excluding carboxylic acids is 1. The molecule has 1 radical (unpaired) electrons. The molecule has 0 aliphatic carbocycles. The van der Waals surface area contributed by atoms with E-state index >= 15 is 0 Å². The predicted octanol–water partition coefficient (Wildman–Crippen LogP) is 0.551. The molecular formula is C10H11N2O2Y-. The van der Waals surface area contributed by atoms with E-state index in [1.807, 2.05) is 6.92 Å². The molecule has 0 unspecified atom stereocenters. The van der Waals surface area contributed by atoms with Crippen molar-refractivity contribution in [3.63, 3.8) is 0 Å². The number of nitrogens with zero attached hydrogens (tertiary/aromatic N) is 2. The Kier molecular flexibility index (Phi) is 4.83. The molecule has 1 aromatic rings. The van der Waals surface area contributed by atoms with E-state index in [9.17, 15) is 4.79 Å². The van der Waals surface area contributed by atoms with Crippen LogP contribution in [0.2, 0.25) is 0 Å². The first kappa shape index (κ1) is 12.8. The number of pyridine rings is 1. The van der Waals surface area contributed by atoms with Gasteiger partial charge in [0.1, 0.15) is 6.61 Å². The zero-order chi connectivity index (χ0) is 9.97. The molecule has 1 amide bonds. The van der Waals surface area contributed by atoms with Gasteiger partial charge in [0.15, 0.2) is 0 Å². The third-order valence-corrected chi connectivity index (χ3v) is 2.08. The summed E-state index contributed by atoms with van der Waals surface area (Å²) in [6.07, 6.45) is 1.71. The van der Waals surface area contributed by atoms with Gasteiger partial charge < -0.3 is 14.6 Å². The molecule has 1 fully saturated rings. The Balaban J connectivity index is 0.00000112. The second-order valence-corrected chi connectivity index (χ2v) is 3.19. The zero-order valence-corrected chi connectivity index (χ0v) is 11.4. The van der Waals surface area contributed by atoms with Gasteiger partial charge in [-0.15, -0.1) is 11.6 Å². The van der Waals surface area contributed by atoms with Crippen LogP contribution in [0.25, 0.3) is 0 Å². The quantitative estimate of drug-likeness (QED) is 0.706. The maximum Gasteiger partial charge on any atom is 0.243 e. The first-order valence-corrected chi connectivity index (χ1v) is 4.50. The fourth-order valence-corrected chi connectivity index (χ4v) is 1.32. The molecule has 1 aromatic heterocycles. The Morgan fingerprint density at radius 2 is 2.40 bits per heavy atom. The number of aryl methyl sites for hydroxylation is 1. The number of aromatic nitrogens is 1. The molecule has 1 aliphatic rings. The maximum atomic E-state index is 11.4. The van der Waals surface area contributed by atoms with E-state index in [2.05, 4.69) is 11.1 Å². The van der Waals surface area contributed by atoms with Crippen molar-refractivity contribution in [3.05, 3.63) is 23.9 Å². The van der Waals surface area contributed by atoms with E-state index in [1.54, 1.807) is 17.2 Å². The van der Waals surface area contributed by atoms with Crippen LogP contribution in [0.3, 0.4) is 0 Å². The topological polar surface area (TPSA) is 42.4 Å². The van der Waals surface area contributed by atoms with Gasteiger partial charge in [-0.3, -0.25) is 4.79 Å². The Hall–Kier alpha value is -0.316. The summed E-state index contributed by atoms with van der Waals surface area (Å²) >= 11 is 0. The largest absolute Gasteiger partial charge is 0.370 e. The van der Waals surface area contributed by atoms with Crippen LogP contribution in [0.15, 0.2) is 12.3 Å². The molecule has 0 N–H and O–H groups in total. The number of carbonyl (C=O) groups is 1. The number of ether oxygens (including phenoxy) is 1. The van der Waals surface area contributed by atoms with Crippen LogP contribution in [0, 0.1) is 13.0 Å². The van der Waals surface area contributed by atoms with Gasteiger partial charge in [0.2, 0.25) is 5.91 Å². The van der Waals surface area contributed by atoms with E-state index < -0.39 is 0 Å². The Morgan fingerprint density at radius 1 is 1.60 bits per heavy atom. The summed E-state index contributed by atoms with van der Waals surface area (Å²) in [5.41, 5.74) is 0.967. The van der Waals surface area contributed by atoms with Gasteiger partial charge in [-0.25, -0.2) is 0 Å². The molecule has 0 atom stereocenters. The minimum Gasteiger partial charge on any atom is -0.370 e. The van der Waals surface area contributed by atoms with Gasteiger partial charge in [0.05, 0.1) is 6.61 Å². The second-order valence-electron chi connectivity index (χ2n) is 3.19. The van der Waals surface area contributed by atoms with Crippen LogP contribution >= 0.6 is 0 Å². The Bertz CT molecular complexity index is 340. The summed E-state index contributed by atoms with van der Waals surface area (Å²) in [5.74, 6) is 0.616. The number of rotatable bonds is 1. The van der Waals surface area contributed by atoms with Crippen LogP contribution in [0.5, 0.6) is 0 Å². The zero-order valence-electron chi connectivity index (χ0n) is 8.56. The summed E-state index contributed by atoms with van der Waals surface area (Å²) in [6, 6.07) is 4.76. The third-order valence-electron chi connectivity index (χ3n) is 2.08. The van der Waals surface area contributed by atoms with Crippen molar-refractivity contribution in [2.45, 2.75) is 6.92 Å². The summed E-state index contributed by atoms with van der Waals surface area (Å²) < 4.78 is 5.03. The van der Waals surface area contributed by atoms with Crippen LogP contribution < -0.4 is 4.90 Å². The van der Waals surface area contributed by atoms with Crippen LogP contribution in [0.1, 0.15) is 5.56 Å². The minimum atomic E-state index is -0.0407. The molecule has 4 nitrogen and oxygen atoms in total. The number of hydrogen-bond acceptors (Lipinski definition) is 3. The summed E-state index contributed by atoms with van der Waals surface area (Å²) in [7, 11) is 0. The van der Waals surface area contributed by atoms with Crippen molar-refractivity contribution >= 4 is 11.7 Å². The second kappa shape index (κ2) is 5.68. The molecule has 77 valence electrons.